The summed E-state index contributed by atoms with van der Waals surface area (Å²) in [5, 5.41) is 3.02. The Morgan fingerprint density at radius 1 is 1.17 bits per heavy atom. The number of hydrogen-bond acceptors (Lipinski definition) is 3. The number of nitrogens with zero attached hydrogens (tertiary/aromatic N) is 1. The molecular weight excluding hydrogens is 326 g/mol. The summed E-state index contributed by atoms with van der Waals surface area (Å²) in [4.78, 5) is 26.4. The smallest absolute Gasteiger partial charge is 0.253 e. The maximum absolute atomic E-state index is 12.4. The Hall–Kier alpha value is -1.59. The molecule has 24 heavy (non-hydrogen) atoms. The van der Waals surface area contributed by atoms with Crippen molar-refractivity contribution < 1.29 is 9.59 Å². The summed E-state index contributed by atoms with van der Waals surface area (Å²) in [6, 6.07) is 8.87. The van der Waals surface area contributed by atoms with Crippen LogP contribution in [0.2, 0.25) is 0 Å². The Balaban J connectivity index is 0.00000288. The lowest BCUT2D eigenvalue weighted by molar-refractivity contribution is -0.125. The van der Waals surface area contributed by atoms with Crippen molar-refractivity contribution in [1.82, 2.24) is 10.2 Å². The lowest BCUT2D eigenvalue weighted by Crippen LogP contribution is -2.54. The average Bonchev–Trinajstić information content (AvgIpc) is 2.54. The molecule has 1 aliphatic rings. The molecule has 0 aromatic heterocycles. The number of nitrogens with two attached hydrogens (primary N) is 1. The monoisotopic (exact) mass is 353 g/mol. The molecule has 0 radical (unpaired) electrons. The van der Waals surface area contributed by atoms with Gasteiger partial charge in [0, 0.05) is 24.7 Å². The summed E-state index contributed by atoms with van der Waals surface area (Å²) >= 11 is 0. The SMILES string of the molecule is CC(C)(C)[C@H](N)C(=O)NC1CCN(C(=O)c2ccccc2)CC1.Cl. The van der Waals surface area contributed by atoms with Crippen LogP contribution in [0, 0.1) is 5.41 Å². The van der Waals surface area contributed by atoms with Crippen LogP contribution >= 0.6 is 12.4 Å². The van der Waals surface area contributed by atoms with Crippen LogP contribution in [-0.4, -0.2) is 41.9 Å². The summed E-state index contributed by atoms with van der Waals surface area (Å²) in [5.74, 6) is -0.0490. The van der Waals surface area contributed by atoms with Crippen molar-refractivity contribution in [1.29, 1.82) is 0 Å². The molecule has 0 spiro atoms. The van der Waals surface area contributed by atoms with Crippen LogP contribution < -0.4 is 11.1 Å². The number of halogens is 1. The van der Waals surface area contributed by atoms with Gasteiger partial charge in [0.2, 0.25) is 5.91 Å². The fourth-order valence-corrected chi connectivity index (χ4v) is 2.67. The van der Waals surface area contributed by atoms with Gasteiger partial charge in [0.15, 0.2) is 0 Å². The molecule has 2 rings (SSSR count). The summed E-state index contributed by atoms with van der Waals surface area (Å²) in [7, 11) is 0. The van der Waals surface area contributed by atoms with Crippen molar-refractivity contribution in [3.05, 3.63) is 35.9 Å². The Bertz CT molecular complexity index is 549. The fourth-order valence-electron chi connectivity index (χ4n) is 2.67. The van der Waals surface area contributed by atoms with E-state index in [1.165, 1.54) is 0 Å². The number of hydrogen-bond donors (Lipinski definition) is 2. The standard InChI is InChI=1S/C18H27N3O2.ClH/c1-18(2,3)15(19)16(22)20-14-9-11-21(12-10-14)17(23)13-7-5-4-6-8-13;/h4-8,14-15H,9-12,19H2,1-3H3,(H,20,22);1H/t15-;/m1./s1. The highest BCUT2D eigenvalue weighted by Gasteiger charge is 2.30. The van der Waals surface area contributed by atoms with Gasteiger partial charge in [-0.25, -0.2) is 0 Å². The van der Waals surface area contributed by atoms with Crippen molar-refractivity contribution in [2.45, 2.75) is 45.7 Å². The Morgan fingerprint density at radius 3 is 2.21 bits per heavy atom. The van der Waals surface area contributed by atoms with E-state index in [4.69, 9.17) is 5.73 Å². The Morgan fingerprint density at radius 2 is 1.71 bits per heavy atom. The molecule has 1 atom stereocenters. The number of piperidine rings is 1. The third kappa shape index (κ3) is 5.21. The fraction of sp³-hybridized carbons (Fsp3) is 0.556. The van der Waals surface area contributed by atoms with Crippen LogP contribution in [0.15, 0.2) is 30.3 Å². The molecule has 6 heteroatoms. The number of carbonyl (C=O) groups is 2. The summed E-state index contributed by atoms with van der Waals surface area (Å²) in [6.07, 6.45) is 1.53. The van der Waals surface area contributed by atoms with Crippen LogP contribution in [0.5, 0.6) is 0 Å². The van der Waals surface area contributed by atoms with Crippen molar-refractivity contribution in [3.8, 4) is 0 Å². The van der Waals surface area contributed by atoms with E-state index in [9.17, 15) is 9.59 Å². The molecule has 1 saturated heterocycles. The van der Waals surface area contributed by atoms with Gasteiger partial charge in [-0.05, 0) is 30.4 Å². The average molecular weight is 354 g/mol. The molecule has 134 valence electrons. The maximum Gasteiger partial charge on any atom is 0.253 e. The summed E-state index contributed by atoms with van der Waals surface area (Å²) in [6.45, 7) is 7.18. The van der Waals surface area contributed by atoms with Gasteiger partial charge in [-0.3, -0.25) is 9.59 Å². The quantitative estimate of drug-likeness (QED) is 0.874. The van der Waals surface area contributed by atoms with Crippen LogP contribution in [0.4, 0.5) is 0 Å². The molecule has 1 heterocycles. The molecule has 0 aliphatic carbocycles. The first-order valence-electron chi connectivity index (χ1n) is 8.19. The van der Waals surface area contributed by atoms with Gasteiger partial charge in [-0.2, -0.15) is 0 Å². The molecule has 0 unspecified atom stereocenters. The molecule has 0 saturated carbocycles. The number of nitrogens with one attached hydrogen (secondary N) is 1. The highest BCUT2D eigenvalue weighted by atomic mass is 35.5. The van der Waals surface area contributed by atoms with Gasteiger partial charge >= 0.3 is 0 Å². The van der Waals surface area contributed by atoms with Crippen molar-refractivity contribution in [2.75, 3.05) is 13.1 Å². The molecule has 5 nitrogen and oxygen atoms in total. The number of amides is 2. The maximum atomic E-state index is 12.4. The zero-order chi connectivity index (χ0) is 17.0. The lowest BCUT2D eigenvalue weighted by atomic mass is 9.86. The second kappa shape index (κ2) is 8.49. The predicted octanol–water partition coefficient (Wildman–Crippen LogP) is 2.20. The number of likely N-dealkylation sites (tertiary alicyclic amines) is 1. The summed E-state index contributed by atoms with van der Waals surface area (Å²) < 4.78 is 0. The van der Waals surface area contributed by atoms with Crippen molar-refractivity contribution in [2.24, 2.45) is 11.1 Å². The van der Waals surface area contributed by atoms with Gasteiger partial charge in [0.1, 0.15) is 0 Å². The molecule has 3 N–H and O–H groups in total. The zero-order valence-electron chi connectivity index (χ0n) is 14.6. The molecule has 1 aliphatic heterocycles. The van der Waals surface area contributed by atoms with Crippen molar-refractivity contribution in [3.63, 3.8) is 0 Å². The van der Waals surface area contributed by atoms with E-state index in [1.54, 1.807) is 0 Å². The number of carbonyl (C=O) groups excluding carboxylic acids is 2. The minimum absolute atomic E-state index is 0. The van der Waals surface area contributed by atoms with E-state index in [0.717, 1.165) is 12.8 Å². The highest BCUT2D eigenvalue weighted by Crippen LogP contribution is 2.19. The molecule has 0 bridgehead atoms. The van der Waals surface area contributed by atoms with Crippen LogP contribution in [-0.2, 0) is 4.79 Å². The van der Waals surface area contributed by atoms with Gasteiger partial charge < -0.3 is 16.0 Å². The van der Waals surface area contributed by atoms with Crippen LogP contribution in [0.25, 0.3) is 0 Å². The number of rotatable bonds is 3. The second-order valence-electron chi connectivity index (χ2n) is 7.28. The van der Waals surface area contributed by atoms with E-state index in [0.29, 0.717) is 18.7 Å². The molecular formula is C18H28ClN3O2. The normalized spacial score (nSPS) is 16.9. The third-order valence-corrected chi connectivity index (χ3v) is 4.36. The zero-order valence-corrected chi connectivity index (χ0v) is 15.4. The Labute approximate surface area is 150 Å². The van der Waals surface area contributed by atoms with Crippen LogP contribution in [0.3, 0.4) is 0 Å². The lowest BCUT2D eigenvalue weighted by Gasteiger charge is -2.34. The Kier molecular flexibility index (Phi) is 7.24. The van der Waals surface area contributed by atoms with E-state index in [2.05, 4.69) is 5.32 Å². The first kappa shape index (κ1) is 20.5. The molecule has 1 fully saturated rings. The van der Waals surface area contributed by atoms with Gasteiger partial charge in [-0.15, -0.1) is 12.4 Å². The minimum atomic E-state index is -0.522. The van der Waals surface area contributed by atoms with E-state index < -0.39 is 6.04 Å². The molecule has 1 aromatic carbocycles. The first-order valence-corrected chi connectivity index (χ1v) is 8.19. The largest absolute Gasteiger partial charge is 0.352 e. The van der Waals surface area contributed by atoms with E-state index in [-0.39, 0.29) is 35.7 Å². The highest BCUT2D eigenvalue weighted by molar-refractivity contribution is 5.94. The minimum Gasteiger partial charge on any atom is -0.352 e. The molecule has 1 aromatic rings. The van der Waals surface area contributed by atoms with E-state index >= 15 is 0 Å². The van der Waals surface area contributed by atoms with Gasteiger partial charge in [0.05, 0.1) is 6.04 Å². The predicted molar refractivity (Wildman–Crippen MR) is 98.2 cm³/mol. The van der Waals surface area contributed by atoms with Crippen molar-refractivity contribution >= 4 is 24.2 Å². The molecule has 2 amide bonds. The first-order chi connectivity index (χ1) is 10.8. The van der Waals surface area contributed by atoms with E-state index in [1.807, 2.05) is 56.0 Å². The number of benzene rings is 1. The van der Waals surface area contributed by atoms with Gasteiger partial charge in [-0.1, -0.05) is 39.0 Å². The summed E-state index contributed by atoms with van der Waals surface area (Å²) in [5.41, 5.74) is 6.44. The second-order valence-corrected chi connectivity index (χ2v) is 7.28. The van der Waals surface area contributed by atoms with Gasteiger partial charge in [0.25, 0.3) is 5.91 Å². The topological polar surface area (TPSA) is 75.4 Å². The van der Waals surface area contributed by atoms with Crippen LogP contribution in [0.1, 0.15) is 44.0 Å². The third-order valence-electron chi connectivity index (χ3n) is 4.36.